The minimum atomic E-state index is -2.73. The van der Waals surface area contributed by atoms with Crippen LogP contribution in [0.2, 0.25) is 0 Å². The van der Waals surface area contributed by atoms with E-state index in [-0.39, 0.29) is 18.9 Å². The molecule has 1 aliphatic rings. The van der Waals surface area contributed by atoms with Crippen LogP contribution in [0.1, 0.15) is 29.3 Å². The summed E-state index contributed by atoms with van der Waals surface area (Å²) in [6.45, 7) is 1.64. The van der Waals surface area contributed by atoms with Crippen LogP contribution >= 0.6 is 0 Å². The van der Waals surface area contributed by atoms with Crippen molar-refractivity contribution < 1.29 is 13.6 Å². The quantitative estimate of drug-likeness (QED) is 0.777. The van der Waals surface area contributed by atoms with E-state index in [0.29, 0.717) is 5.56 Å². The average molecular weight is 239 g/mol. The van der Waals surface area contributed by atoms with Crippen molar-refractivity contribution in [3.8, 4) is 0 Å². The number of carbonyl (C=O) groups is 1. The summed E-state index contributed by atoms with van der Waals surface area (Å²) in [4.78, 5) is 13.4. The molecule has 0 radical (unpaired) electrons. The first-order valence-corrected chi connectivity index (χ1v) is 5.78. The minimum Gasteiger partial charge on any atom is -0.332 e. The van der Waals surface area contributed by atoms with E-state index >= 15 is 0 Å². The molecule has 17 heavy (non-hydrogen) atoms. The lowest BCUT2D eigenvalue weighted by atomic mass is 10.0. The number of amides is 1. The van der Waals surface area contributed by atoms with Gasteiger partial charge < -0.3 is 4.90 Å². The number of carbonyl (C=O) groups excluding carboxylic acids is 1. The second-order valence-electron chi connectivity index (χ2n) is 4.34. The molecule has 1 aromatic rings. The summed E-state index contributed by atoms with van der Waals surface area (Å²) in [7, 11) is 0. The third-order valence-electron chi connectivity index (χ3n) is 3.09. The first kappa shape index (κ1) is 12.0. The lowest BCUT2D eigenvalue weighted by Gasteiger charge is -2.17. The number of hydrogen-bond donors (Lipinski definition) is 0. The van der Waals surface area contributed by atoms with Gasteiger partial charge in [0.2, 0.25) is 0 Å². The van der Waals surface area contributed by atoms with Crippen LogP contribution in [-0.4, -0.2) is 29.8 Å². The zero-order valence-electron chi connectivity index (χ0n) is 9.75. The van der Waals surface area contributed by atoms with Gasteiger partial charge in [-0.2, -0.15) is 0 Å². The third-order valence-corrected chi connectivity index (χ3v) is 3.09. The van der Waals surface area contributed by atoms with Gasteiger partial charge in [-0.3, -0.25) is 4.79 Å². The molecule has 0 aliphatic carbocycles. The number of alkyl halides is 2. The van der Waals surface area contributed by atoms with Crippen molar-refractivity contribution >= 4 is 5.91 Å². The number of nitrogens with zero attached hydrogens (tertiary/aromatic N) is 1. The summed E-state index contributed by atoms with van der Waals surface area (Å²) in [5.41, 5.74) is 1.46. The van der Waals surface area contributed by atoms with E-state index in [1.165, 1.54) is 4.90 Å². The van der Waals surface area contributed by atoms with Gasteiger partial charge in [0.05, 0.1) is 6.54 Å². The third kappa shape index (κ3) is 2.46. The molecule has 2 nitrogen and oxygen atoms in total. The molecule has 1 saturated heterocycles. The number of benzene rings is 1. The molecule has 1 amide bonds. The standard InChI is InChI=1S/C13H15F2NO/c1-2-10-5-3-4-6-11(10)12(17)16-8-7-13(14,15)9-16/h3-6H,2,7-9H2,1H3. The maximum atomic E-state index is 13.1. The molecule has 0 atom stereocenters. The predicted octanol–water partition coefficient (Wildman–Crippen LogP) is 2.73. The van der Waals surface area contributed by atoms with Crippen LogP contribution in [0.25, 0.3) is 0 Å². The molecule has 92 valence electrons. The number of halogens is 2. The highest BCUT2D eigenvalue weighted by molar-refractivity contribution is 5.95. The molecule has 0 saturated carbocycles. The van der Waals surface area contributed by atoms with E-state index in [1.807, 2.05) is 19.1 Å². The van der Waals surface area contributed by atoms with Crippen LogP contribution in [0.4, 0.5) is 8.78 Å². The number of likely N-dealkylation sites (tertiary alicyclic amines) is 1. The highest BCUT2D eigenvalue weighted by Crippen LogP contribution is 2.28. The van der Waals surface area contributed by atoms with Gasteiger partial charge in [0.25, 0.3) is 11.8 Å². The fraction of sp³-hybridized carbons (Fsp3) is 0.462. The summed E-state index contributed by atoms with van der Waals surface area (Å²) in [6, 6.07) is 7.19. The normalized spacial score (nSPS) is 18.4. The van der Waals surface area contributed by atoms with Crippen LogP contribution in [0, 0.1) is 0 Å². The number of aryl methyl sites for hydroxylation is 1. The fourth-order valence-corrected chi connectivity index (χ4v) is 2.12. The molecule has 1 heterocycles. The van der Waals surface area contributed by atoms with Crippen LogP contribution in [-0.2, 0) is 6.42 Å². The van der Waals surface area contributed by atoms with Gasteiger partial charge >= 0.3 is 0 Å². The van der Waals surface area contributed by atoms with Crippen LogP contribution in [0.5, 0.6) is 0 Å². The SMILES string of the molecule is CCc1ccccc1C(=O)N1CCC(F)(F)C1. The topological polar surface area (TPSA) is 20.3 Å². The lowest BCUT2D eigenvalue weighted by molar-refractivity contribution is 0.0120. The largest absolute Gasteiger partial charge is 0.332 e. The Morgan fingerprint density at radius 3 is 2.71 bits per heavy atom. The summed E-state index contributed by atoms with van der Waals surface area (Å²) < 4.78 is 26.1. The zero-order valence-corrected chi connectivity index (χ0v) is 9.75. The van der Waals surface area contributed by atoms with Crippen molar-refractivity contribution in [1.29, 1.82) is 0 Å². The van der Waals surface area contributed by atoms with E-state index in [9.17, 15) is 13.6 Å². The van der Waals surface area contributed by atoms with E-state index in [2.05, 4.69) is 0 Å². The number of rotatable bonds is 2. The summed E-state index contributed by atoms with van der Waals surface area (Å²) in [5.74, 6) is -3.00. The second-order valence-corrected chi connectivity index (χ2v) is 4.34. The van der Waals surface area contributed by atoms with Crippen LogP contribution < -0.4 is 0 Å². The Labute approximate surface area is 99.2 Å². The molecule has 4 heteroatoms. The minimum absolute atomic E-state index is 0.143. The highest BCUT2D eigenvalue weighted by Gasteiger charge is 2.40. The first-order valence-electron chi connectivity index (χ1n) is 5.78. The molecular weight excluding hydrogens is 224 g/mol. The maximum Gasteiger partial charge on any atom is 0.267 e. The molecule has 0 bridgehead atoms. The molecule has 1 fully saturated rings. The molecule has 0 aromatic heterocycles. The lowest BCUT2D eigenvalue weighted by Crippen LogP contribution is -2.31. The monoisotopic (exact) mass is 239 g/mol. The Balaban J connectivity index is 2.20. The van der Waals surface area contributed by atoms with Crippen molar-refractivity contribution in [3.63, 3.8) is 0 Å². The Bertz CT molecular complexity index is 431. The zero-order chi connectivity index (χ0) is 12.5. The molecule has 1 aromatic carbocycles. The van der Waals surface area contributed by atoms with Crippen molar-refractivity contribution in [3.05, 3.63) is 35.4 Å². The molecule has 0 unspecified atom stereocenters. The van der Waals surface area contributed by atoms with E-state index in [1.54, 1.807) is 12.1 Å². The number of hydrogen-bond acceptors (Lipinski definition) is 1. The Kier molecular flexibility index (Phi) is 3.13. The van der Waals surface area contributed by atoms with Gasteiger partial charge in [-0.05, 0) is 18.1 Å². The fourth-order valence-electron chi connectivity index (χ4n) is 2.12. The summed E-state index contributed by atoms with van der Waals surface area (Å²) >= 11 is 0. The second kappa shape index (κ2) is 4.43. The van der Waals surface area contributed by atoms with E-state index < -0.39 is 12.5 Å². The Morgan fingerprint density at radius 1 is 1.41 bits per heavy atom. The molecule has 0 spiro atoms. The summed E-state index contributed by atoms with van der Waals surface area (Å²) in [5, 5.41) is 0. The average Bonchev–Trinajstić information content (AvgIpc) is 2.68. The highest BCUT2D eigenvalue weighted by atomic mass is 19.3. The van der Waals surface area contributed by atoms with Crippen molar-refractivity contribution in [1.82, 2.24) is 4.90 Å². The van der Waals surface area contributed by atoms with Gasteiger partial charge in [-0.1, -0.05) is 25.1 Å². The predicted molar refractivity (Wildman–Crippen MR) is 61.3 cm³/mol. The van der Waals surface area contributed by atoms with Crippen molar-refractivity contribution in [2.45, 2.75) is 25.7 Å². The maximum absolute atomic E-state index is 13.1. The molecule has 1 aliphatic heterocycles. The molecular formula is C13H15F2NO. The van der Waals surface area contributed by atoms with Crippen LogP contribution in [0.3, 0.4) is 0 Å². The van der Waals surface area contributed by atoms with Gasteiger partial charge in [-0.25, -0.2) is 8.78 Å². The van der Waals surface area contributed by atoms with E-state index in [4.69, 9.17) is 0 Å². The first-order chi connectivity index (χ1) is 8.03. The van der Waals surface area contributed by atoms with E-state index in [0.717, 1.165) is 12.0 Å². The smallest absolute Gasteiger partial charge is 0.267 e. The van der Waals surface area contributed by atoms with Gasteiger partial charge in [0.15, 0.2) is 0 Å². The van der Waals surface area contributed by atoms with Gasteiger partial charge in [-0.15, -0.1) is 0 Å². The van der Waals surface area contributed by atoms with Crippen LogP contribution in [0.15, 0.2) is 24.3 Å². The van der Waals surface area contributed by atoms with Crippen molar-refractivity contribution in [2.75, 3.05) is 13.1 Å². The molecule has 0 N–H and O–H groups in total. The van der Waals surface area contributed by atoms with Gasteiger partial charge in [0.1, 0.15) is 0 Å². The van der Waals surface area contributed by atoms with Crippen molar-refractivity contribution in [2.24, 2.45) is 0 Å². The van der Waals surface area contributed by atoms with Gasteiger partial charge in [0, 0.05) is 18.5 Å². The Hall–Kier alpha value is -1.45. The molecule has 2 rings (SSSR count). The summed E-state index contributed by atoms with van der Waals surface area (Å²) in [6.07, 6.45) is 0.499. The Morgan fingerprint density at radius 2 is 2.12 bits per heavy atom.